The van der Waals surface area contributed by atoms with Crippen LogP contribution in [-0.4, -0.2) is 59.7 Å². The van der Waals surface area contributed by atoms with E-state index in [0.717, 1.165) is 29.4 Å². The molecule has 0 bridgehead atoms. The molecule has 9 nitrogen and oxygen atoms in total. The lowest BCUT2D eigenvalue weighted by Gasteiger charge is -2.40. The molecule has 1 aromatic carbocycles. The van der Waals surface area contributed by atoms with Crippen molar-refractivity contribution in [2.24, 2.45) is 0 Å². The Hall–Kier alpha value is -3.85. The first-order valence-corrected chi connectivity index (χ1v) is 11.1. The van der Waals surface area contributed by atoms with E-state index >= 15 is 0 Å². The average molecular weight is 463 g/mol. The first-order valence-electron chi connectivity index (χ1n) is 11.1. The van der Waals surface area contributed by atoms with Gasteiger partial charge in [0.2, 0.25) is 0 Å². The third-order valence-corrected chi connectivity index (χ3v) is 6.40. The Labute approximate surface area is 196 Å². The van der Waals surface area contributed by atoms with E-state index in [9.17, 15) is 9.59 Å². The Kier molecular flexibility index (Phi) is 5.49. The molecule has 5 rings (SSSR count). The van der Waals surface area contributed by atoms with Gasteiger partial charge >= 0.3 is 0 Å². The summed E-state index contributed by atoms with van der Waals surface area (Å²) in [7, 11) is 3.23. The number of furan rings is 1. The van der Waals surface area contributed by atoms with Crippen LogP contribution >= 0.6 is 0 Å². The number of rotatable bonds is 6. The molecule has 1 atom stereocenters. The molecule has 1 N–H and O–H groups in total. The molecular weight excluding hydrogens is 436 g/mol. The molecule has 9 heteroatoms. The number of carbonyl (C=O) groups is 2. The van der Waals surface area contributed by atoms with Gasteiger partial charge < -0.3 is 24.1 Å². The van der Waals surface area contributed by atoms with Gasteiger partial charge in [-0.2, -0.15) is 5.10 Å². The van der Waals surface area contributed by atoms with Gasteiger partial charge in [-0.15, -0.1) is 0 Å². The summed E-state index contributed by atoms with van der Waals surface area (Å²) in [4.78, 5) is 27.2. The Bertz CT molecular complexity index is 1420. The molecule has 4 heterocycles. The van der Waals surface area contributed by atoms with Crippen molar-refractivity contribution in [3.05, 3.63) is 59.1 Å². The number of likely N-dealkylation sites (tertiary alicyclic amines) is 1. The van der Waals surface area contributed by atoms with Gasteiger partial charge in [0, 0.05) is 44.4 Å². The molecule has 0 aliphatic carbocycles. The highest BCUT2D eigenvalue weighted by Crippen LogP contribution is 2.34. The maximum Gasteiger partial charge on any atom is 0.256 e. The zero-order valence-electron chi connectivity index (χ0n) is 19.5. The predicted octanol–water partition coefficient (Wildman–Crippen LogP) is 3.71. The molecule has 3 aromatic heterocycles. The summed E-state index contributed by atoms with van der Waals surface area (Å²) in [6, 6.07) is 7.23. The minimum Gasteiger partial charge on any atom is -0.460 e. The number of hydrogen-bond donors (Lipinski definition) is 1. The molecule has 0 saturated carbocycles. The Morgan fingerprint density at radius 1 is 1.26 bits per heavy atom. The second-order valence-electron chi connectivity index (χ2n) is 8.43. The van der Waals surface area contributed by atoms with Crippen LogP contribution in [0.2, 0.25) is 0 Å². The summed E-state index contributed by atoms with van der Waals surface area (Å²) >= 11 is 0. The second kappa shape index (κ2) is 8.49. The molecule has 0 spiro atoms. The van der Waals surface area contributed by atoms with Gasteiger partial charge in [0.15, 0.2) is 5.75 Å². The van der Waals surface area contributed by atoms with E-state index in [1.165, 1.54) is 0 Å². The standard InChI is InChI=1S/C25H26N4O5/c1-14-19(25(31)28-10-8-16(28)13-32-4)12-29-23(14)20(7-9-27-29)34-17-5-6-18-21(11-17)33-15(2)22(18)24(30)26-3/h5-7,9,11-12,16H,8,10,13H2,1-4H3,(H,26,30)/t16-/m1/s1. The first-order chi connectivity index (χ1) is 16.4. The van der Waals surface area contributed by atoms with Crippen molar-refractivity contribution in [1.29, 1.82) is 0 Å². The predicted molar refractivity (Wildman–Crippen MR) is 126 cm³/mol. The largest absolute Gasteiger partial charge is 0.460 e. The Balaban J connectivity index is 1.48. The number of ether oxygens (including phenoxy) is 2. The van der Waals surface area contributed by atoms with Gasteiger partial charge in [-0.1, -0.05) is 0 Å². The summed E-state index contributed by atoms with van der Waals surface area (Å²) in [6.45, 7) is 4.91. The van der Waals surface area contributed by atoms with Crippen LogP contribution in [0.1, 0.15) is 38.5 Å². The Morgan fingerprint density at radius 2 is 2.09 bits per heavy atom. The van der Waals surface area contributed by atoms with E-state index in [-0.39, 0.29) is 17.9 Å². The van der Waals surface area contributed by atoms with E-state index in [4.69, 9.17) is 13.9 Å². The lowest BCUT2D eigenvalue weighted by molar-refractivity contribution is 0.0201. The highest BCUT2D eigenvalue weighted by Gasteiger charge is 2.34. The monoisotopic (exact) mass is 462 g/mol. The Morgan fingerprint density at radius 3 is 2.79 bits per heavy atom. The van der Waals surface area contributed by atoms with Crippen LogP contribution in [0.5, 0.6) is 11.5 Å². The van der Waals surface area contributed by atoms with Crippen LogP contribution in [-0.2, 0) is 4.74 Å². The summed E-state index contributed by atoms with van der Waals surface area (Å²) in [6.07, 6.45) is 4.32. The maximum atomic E-state index is 13.2. The van der Waals surface area contributed by atoms with E-state index in [1.807, 2.05) is 17.9 Å². The molecule has 4 aromatic rings. The number of aromatic nitrogens is 2. The zero-order valence-corrected chi connectivity index (χ0v) is 19.5. The molecular formula is C25H26N4O5. The second-order valence-corrected chi connectivity index (χ2v) is 8.43. The minimum absolute atomic E-state index is 0.0311. The quantitative estimate of drug-likeness (QED) is 0.469. The molecule has 1 aliphatic rings. The van der Waals surface area contributed by atoms with Crippen molar-refractivity contribution in [3.63, 3.8) is 0 Å². The molecule has 0 radical (unpaired) electrons. The van der Waals surface area contributed by atoms with Gasteiger partial charge in [-0.3, -0.25) is 9.59 Å². The minimum atomic E-state index is -0.197. The van der Waals surface area contributed by atoms with Crippen LogP contribution in [0.3, 0.4) is 0 Å². The molecule has 176 valence electrons. The smallest absolute Gasteiger partial charge is 0.256 e. The van der Waals surface area contributed by atoms with Crippen molar-refractivity contribution >= 4 is 28.3 Å². The normalized spacial score (nSPS) is 15.5. The third-order valence-electron chi connectivity index (χ3n) is 6.40. The number of aryl methyl sites for hydroxylation is 2. The van der Waals surface area contributed by atoms with Gasteiger partial charge in [-0.05, 0) is 38.0 Å². The van der Waals surface area contributed by atoms with Gasteiger partial charge in [0.1, 0.15) is 22.6 Å². The first kappa shape index (κ1) is 22.0. The third kappa shape index (κ3) is 3.49. The van der Waals surface area contributed by atoms with E-state index in [1.54, 1.807) is 56.2 Å². The summed E-state index contributed by atoms with van der Waals surface area (Å²) in [5.74, 6) is 1.43. The average Bonchev–Trinajstić information content (AvgIpc) is 3.32. The van der Waals surface area contributed by atoms with Crippen LogP contribution in [0.15, 0.2) is 41.1 Å². The SMILES string of the molecule is CNC(=O)c1c(C)oc2cc(Oc3ccnn4cc(C(=O)N5CC[C@@H]5COC)c(C)c34)ccc12. The maximum absolute atomic E-state index is 13.2. The molecule has 0 unspecified atom stereocenters. The lowest BCUT2D eigenvalue weighted by atomic mass is 10.0. The number of methoxy groups -OCH3 is 1. The van der Waals surface area contributed by atoms with Crippen molar-refractivity contribution in [2.45, 2.75) is 26.3 Å². The summed E-state index contributed by atoms with van der Waals surface area (Å²) in [5, 5.41) is 7.74. The number of benzene rings is 1. The molecule has 2 amide bonds. The van der Waals surface area contributed by atoms with Crippen LogP contribution in [0.25, 0.3) is 16.5 Å². The van der Waals surface area contributed by atoms with Crippen molar-refractivity contribution in [3.8, 4) is 11.5 Å². The summed E-state index contributed by atoms with van der Waals surface area (Å²) < 4.78 is 18.9. The number of carbonyl (C=O) groups excluding carboxylic acids is 2. The number of amides is 2. The fourth-order valence-corrected chi connectivity index (χ4v) is 4.55. The fourth-order valence-electron chi connectivity index (χ4n) is 4.55. The molecule has 1 saturated heterocycles. The van der Waals surface area contributed by atoms with Gasteiger partial charge in [0.25, 0.3) is 11.8 Å². The van der Waals surface area contributed by atoms with Crippen LogP contribution < -0.4 is 10.1 Å². The van der Waals surface area contributed by atoms with Crippen LogP contribution in [0, 0.1) is 13.8 Å². The molecule has 1 fully saturated rings. The molecule has 1 aliphatic heterocycles. The van der Waals surface area contributed by atoms with E-state index < -0.39 is 0 Å². The van der Waals surface area contributed by atoms with Crippen molar-refractivity contribution in [1.82, 2.24) is 19.8 Å². The highest BCUT2D eigenvalue weighted by molar-refractivity contribution is 6.07. The number of nitrogens with one attached hydrogen (secondary N) is 1. The highest BCUT2D eigenvalue weighted by atomic mass is 16.5. The lowest BCUT2D eigenvalue weighted by Crippen LogP contribution is -2.53. The van der Waals surface area contributed by atoms with Gasteiger partial charge in [0.05, 0.1) is 30.0 Å². The molecule has 34 heavy (non-hydrogen) atoms. The van der Waals surface area contributed by atoms with E-state index in [0.29, 0.717) is 40.6 Å². The van der Waals surface area contributed by atoms with E-state index in [2.05, 4.69) is 10.4 Å². The summed E-state index contributed by atoms with van der Waals surface area (Å²) in [5.41, 5.74) is 3.18. The van der Waals surface area contributed by atoms with Crippen LogP contribution in [0.4, 0.5) is 0 Å². The number of nitrogens with zero attached hydrogens (tertiary/aromatic N) is 3. The number of hydrogen-bond acceptors (Lipinski definition) is 6. The van der Waals surface area contributed by atoms with Crippen molar-refractivity contribution in [2.75, 3.05) is 27.3 Å². The topological polar surface area (TPSA) is 98.3 Å². The number of fused-ring (bicyclic) bond motifs is 2. The fraction of sp³-hybridized carbons (Fsp3) is 0.320. The zero-order chi connectivity index (χ0) is 24.0. The van der Waals surface area contributed by atoms with Gasteiger partial charge in [-0.25, -0.2) is 4.52 Å². The van der Waals surface area contributed by atoms with Crippen molar-refractivity contribution < 1.29 is 23.5 Å².